The van der Waals surface area contributed by atoms with Crippen molar-refractivity contribution in [3.05, 3.63) is 0 Å². The van der Waals surface area contributed by atoms with Crippen LogP contribution in [0, 0.1) is 0 Å². The van der Waals surface area contributed by atoms with Gasteiger partial charge in [0.2, 0.25) is 5.91 Å². The maximum atomic E-state index is 11.8. The maximum Gasteiger partial charge on any atom is 0.238 e. The molecule has 0 bridgehead atoms. The van der Waals surface area contributed by atoms with Crippen molar-refractivity contribution >= 4 is 5.91 Å². The molecule has 0 spiro atoms. The van der Waals surface area contributed by atoms with E-state index >= 15 is 0 Å². The number of hydrogen-bond acceptors (Lipinski definition) is 4. The van der Waals surface area contributed by atoms with Crippen LogP contribution in [0.4, 0.5) is 0 Å². The summed E-state index contributed by atoms with van der Waals surface area (Å²) in [6.07, 6.45) is 3.35. The Balaban J connectivity index is 2.53. The van der Waals surface area contributed by atoms with Crippen molar-refractivity contribution in [3.63, 3.8) is 0 Å². The molecule has 1 saturated heterocycles. The molecule has 20 heavy (non-hydrogen) atoms. The zero-order chi connectivity index (χ0) is 15.2. The molecule has 3 N–H and O–H groups in total. The zero-order valence-electron chi connectivity index (χ0n) is 13.6. The van der Waals surface area contributed by atoms with Crippen molar-refractivity contribution < 1.29 is 4.79 Å². The van der Waals surface area contributed by atoms with E-state index in [1.807, 2.05) is 6.92 Å². The number of primary amides is 1. The van der Waals surface area contributed by atoms with Crippen molar-refractivity contribution in [3.8, 4) is 0 Å². The van der Waals surface area contributed by atoms with Crippen LogP contribution in [-0.2, 0) is 4.79 Å². The number of nitrogens with one attached hydrogen (secondary N) is 1. The van der Waals surface area contributed by atoms with E-state index in [0.29, 0.717) is 12.6 Å². The third kappa shape index (κ3) is 4.72. The molecule has 1 aliphatic rings. The molecular weight excluding hydrogens is 252 g/mol. The molecule has 5 nitrogen and oxygen atoms in total. The third-order valence-electron chi connectivity index (χ3n) is 4.50. The second-order valence-electron chi connectivity index (χ2n) is 6.20. The van der Waals surface area contributed by atoms with Gasteiger partial charge in [0, 0.05) is 12.6 Å². The fourth-order valence-corrected chi connectivity index (χ4v) is 2.93. The second kappa shape index (κ2) is 7.96. The molecular formula is C15H32N4O. The van der Waals surface area contributed by atoms with Gasteiger partial charge in [-0.15, -0.1) is 0 Å². The van der Waals surface area contributed by atoms with Gasteiger partial charge in [-0.2, -0.15) is 0 Å². The van der Waals surface area contributed by atoms with Crippen molar-refractivity contribution in [2.24, 2.45) is 5.73 Å². The van der Waals surface area contributed by atoms with Gasteiger partial charge in [0.1, 0.15) is 5.54 Å². The van der Waals surface area contributed by atoms with E-state index in [0.717, 1.165) is 32.6 Å². The van der Waals surface area contributed by atoms with Gasteiger partial charge in [0.25, 0.3) is 0 Å². The molecule has 5 heteroatoms. The highest BCUT2D eigenvalue weighted by Gasteiger charge is 2.34. The summed E-state index contributed by atoms with van der Waals surface area (Å²) < 4.78 is 0. The van der Waals surface area contributed by atoms with Gasteiger partial charge in [0.15, 0.2) is 0 Å². The number of carbonyl (C=O) groups excluding carboxylic acids is 1. The Hall–Kier alpha value is -0.650. The molecule has 0 aliphatic carbocycles. The number of likely N-dealkylation sites (N-methyl/N-ethyl adjacent to an activating group) is 1. The van der Waals surface area contributed by atoms with Crippen molar-refractivity contribution in [2.45, 2.75) is 51.6 Å². The fourth-order valence-electron chi connectivity index (χ4n) is 2.93. The Morgan fingerprint density at radius 3 is 2.45 bits per heavy atom. The van der Waals surface area contributed by atoms with Crippen LogP contribution in [0.15, 0.2) is 0 Å². The van der Waals surface area contributed by atoms with Gasteiger partial charge in [-0.05, 0) is 59.4 Å². The molecule has 1 amide bonds. The average molecular weight is 284 g/mol. The standard InChI is InChI=1S/C15H32N4O/c1-5-9-17-15(3,14(16)20)12-18(4)13-7-10-19(6-2)11-8-13/h13,17H,5-12H2,1-4H3,(H2,16,20). The predicted octanol–water partition coefficient (Wildman–Crippen LogP) is 0.646. The summed E-state index contributed by atoms with van der Waals surface area (Å²) in [7, 11) is 2.11. The number of rotatable bonds is 8. The number of piperidine rings is 1. The van der Waals surface area contributed by atoms with Gasteiger partial charge in [0.05, 0.1) is 0 Å². The first kappa shape index (κ1) is 17.4. The molecule has 1 atom stereocenters. The normalized spacial score (nSPS) is 21.1. The first-order valence-corrected chi connectivity index (χ1v) is 7.90. The van der Waals surface area contributed by atoms with Gasteiger partial charge >= 0.3 is 0 Å². The predicted molar refractivity (Wildman–Crippen MR) is 83.7 cm³/mol. The molecule has 1 fully saturated rings. The van der Waals surface area contributed by atoms with Gasteiger partial charge in [-0.25, -0.2) is 0 Å². The summed E-state index contributed by atoms with van der Waals surface area (Å²) in [5, 5.41) is 3.31. The zero-order valence-corrected chi connectivity index (χ0v) is 13.6. The van der Waals surface area contributed by atoms with Gasteiger partial charge in [-0.1, -0.05) is 13.8 Å². The Bertz CT molecular complexity index is 302. The van der Waals surface area contributed by atoms with E-state index in [1.165, 1.54) is 12.8 Å². The molecule has 1 unspecified atom stereocenters. The fraction of sp³-hybridized carbons (Fsp3) is 0.933. The van der Waals surface area contributed by atoms with Crippen LogP contribution in [0.1, 0.15) is 40.0 Å². The van der Waals surface area contributed by atoms with Gasteiger partial charge in [-0.3, -0.25) is 4.79 Å². The molecule has 0 aromatic rings. The van der Waals surface area contributed by atoms with Crippen LogP contribution >= 0.6 is 0 Å². The lowest BCUT2D eigenvalue weighted by molar-refractivity contribution is -0.124. The molecule has 1 rings (SSSR count). The molecule has 118 valence electrons. The van der Waals surface area contributed by atoms with Crippen molar-refractivity contribution in [1.29, 1.82) is 0 Å². The monoisotopic (exact) mass is 284 g/mol. The molecule has 1 aliphatic heterocycles. The molecule has 0 aromatic carbocycles. The minimum absolute atomic E-state index is 0.260. The van der Waals surface area contributed by atoms with Gasteiger partial charge < -0.3 is 20.9 Å². The first-order valence-electron chi connectivity index (χ1n) is 7.90. The molecule has 0 saturated carbocycles. The second-order valence-corrected chi connectivity index (χ2v) is 6.20. The number of likely N-dealkylation sites (tertiary alicyclic amines) is 1. The minimum atomic E-state index is -0.632. The highest BCUT2D eigenvalue weighted by atomic mass is 16.1. The first-order chi connectivity index (χ1) is 9.42. The van der Waals surface area contributed by atoms with Crippen LogP contribution in [0.25, 0.3) is 0 Å². The SMILES string of the molecule is CCCNC(C)(CN(C)C1CCN(CC)CC1)C(N)=O. The number of hydrogen-bond donors (Lipinski definition) is 2. The van der Waals surface area contributed by atoms with E-state index in [2.05, 4.69) is 36.0 Å². The minimum Gasteiger partial charge on any atom is -0.368 e. The van der Waals surface area contributed by atoms with Crippen LogP contribution in [0.5, 0.6) is 0 Å². The number of amides is 1. The van der Waals surface area contributed by atoms with Crippen LogP contribution < -0.4 is 11.1 Å². The smallest absolute Gasteiger partial charge is 0.238 e. The van der Waals surface area contributed by atoms with E-state index in [9.17, 15) is 4.79 Å². The maximum absolute atomic E-state index is 11.8. The quantitative estimate of drug-likeness (QED) is 0.687. The summed E-state index contributed by atoms with van der Waals surface area (Å²) in [4.78, 5) is 16.6. The Morgan fingerprint density at radius 2 is 2.00 bits per heavy atom. The highest BCUT2D eigenvalue weighted by molar-refractivity contribution is 5.84. The van der Waals surface area contributed by atoms with Crippen LogP contribution in [0.3, 0.4) is 0 Å². The van der Waals surface area contributed by atoms with Crippen molar-refractivity contribution in [1.82, 2.24) is 15.1 Å². The molecule has 0 aromatic heterocycles. The van der Waals surface area contributed by atoms with Crippen LogP contribution in [-0.4, -0.2) is 67.1 Å². The lowest BCUT2D eigenvalue weighted by Crippen LogP contribution is -2.61. The Morgan fingerprint density at radius 1 is 1.40 bits per heavy atom. The Kier molecular flexibility index (Phi) is 6.92. The summed E-state index contributed by atoms with van der Waals surface area (Å²) in [6, 6.07) is 0.555. The molecule has 0 radical (unpaired) electrons. The van der Waals surface area contributed by atoms with Crippen LogP contribution in [0.2, 0.25) is 0 Å². The summed E-state index contributed by atoms with van der Waals surface area (Å²) >= 11 is 0. The van der Waals surface area contributed by atoms with E-state index < -0.39 is 5.54 Å². The summed E-state index contributed by atoms with van der Waals surface area (Å²) in [5.74, 6) is -0.260. The number of nitrogens with two attached hydrogens (primary N) is 1. The Labute approximate surface area is 123 Å². The lowest BCUT2D eigenvalue weighted by Gasteiger charge is -2.40. The van der Waals surface area contributed by atoms with E-state index in [1.54, 1.807) is 0 Å². The number of nitrogens with zero attached hydrogens (tertiary/aromatic N) is 2. The third-order valence-corrected chi connectivity index (χ3v) is 4.50. The van der Waals surface area contributed by atoms with E-state index in [-0.39, 0.29) is 5.91 Å². The topological polar surface area (TPSA) is 61.6 Å². The summed E-state index contributed by atoms with van der Waals surface area (Å²) in [6.45, 7) is 11.2. The lowest BCUT2D eigenvalue weighted by atomic mass is 9.97. The summed E-state index contributed by atoms with van der Waals surface area (Å²) in [5.41, 5.74) is 4.96. The number of carbonyl (C=O) groups is 1. The largest absolute Gasteiger partial charge is 0.368 e. The average Bonchev–Trinajstić information content (AvgIpc) is 2.45. The molecule has 1 heterocycles. The van der Waals surface area contributed by atoms with E-state index in [4.69, 9.17) is 5.73 Å². The highest BCUT2D eigenvalue weighted by Crippen LogP contribution is 2.17. The van der Waals surface area contributed by atoms with Crippen molar-refractivity contribution in [2.75, 3.05) is 39.8 Å².